The highest BCUT2D eigenvalue weighted by molar-refractivity contribution is 6.35. The van der Waals surface area contributed by atoms with Crippen LogP contribution in [-0.2, 0) is 10.3 Å². The Labute approximate surface area is 130 Å². The van der Waals surface area contributed by atoms with E-state index in [4.69, 9.17) is 23.6 Å². The van der Waals surface area contributed by atoms with Crippen molar-refractivity contribution in [2.24, 2.45) is 0 Å². The Morgan fingerprint density at radius 3 is 2.25 bits per heavy atom. The second-order valence-electron chi connectivity index (χ2n) is 4.93. The van der Waals surface area contributed by atoms with Crippen molar-refractivity contribution in [3.8, 4) is 0 Å². The molecular formula is C15H21Cl2NO2. The predicted octanol–water partition coefficient (Wildman–Crippen LogP) is 4.94. The van der Waals surface area contributed by atoms with E-state index in [1.54, 1.807) is 24.3 Å². The van der Waals surface area contributed by atoms with Gasteiger partial charge in [0.2, 0.25) is 0 Å². The van der Waals surface area contributed by atoms with E-state index in [1.807, 2.05) is 6.07 Å². The summed E-state index contributed by atoms with van der Waals surface area (Å²) in [7, 11) is 0. The number of rotatable bonds is 9. The summed E-state index contributed by atoms with van der Waals surface area (Å²) in [6.45, 7) is 2.14. The molecule has 0 amide bonds. The van der Waals surface area contributed by atoms with Crippen LogP contribution in [0.5, 0.6) is 0 Å². The van der Waals surface area contributed by atoms with E-state index in [9.17, 15) is 9.90 Å². The Morgan fingerprint density at radius 1 is 1.15 bits per heavy atom. The molecule has 0 saturated heterocycles. The topological polar surface area (TPSA) is 40.5 Å². The van der Waals surface area contributed by atoms with Crippen LogP contribution >= 0.6 is 23.6 Å². The highest BCUT2D eigenvalue weighted by atomic mass is 35.5. The maximum atomic E-state index is 11.8. The average Bonchev–Trinajstić information content (AvgIpc) is 2.43. The number of benzene rings is 1. The van der Waals surface area contributed by atoms with Gasteiger partial charge in [-0.25, -0.2) is 4.79 Å². The van der Waals surface area contributed by atoms with Gasteiger partial charge in [-0.2, -0.15) is 0 Å². The van der Waals surface area contributed by atoms with Gasteiger partial charge in [0.15, 0.2) is 5.54 Å². The first-order valence-electron chi connectivity index (χ1n) is 6.96. The molecule has 20 heavy (non-hydrogen) atoms. The number of carbonyl (C=O) groups is 1. The van der Waals surface area contributed by atoms with Crippen molar-refractivity contribution >= 4 is 29.5 Å². The number of hydrogen-bond donors (Lipinski definition) is 1. The Bertz CT molecular complexity index is 412. The molecule has 0 heterocycles. The number of carboxylic acids is 1. The molecule has 5 heteroatoms. The van der Waals surface area contributed by atoms with Crippen molar-refractivity contribution in [2.75, 3.05) is 0 Å². The lowest BCUT2D eigenvalue weighted by atomic mass is 9.85. The van der Waals surface area contributed by atoms with E-state index >= 15 is 0 Å². The van der Waals surface area contributed by atoms with Crippen molar-refractivity contribution in [3.63, 3.8) is 0 Å². The highest BCUT2D eigenvalue weighted by Gasteiger charge is 2.45. The summed E-state index contributed by atoms with van der Waals surface area (Å²) >= 11 is 11.8. The Hall–Kier alpha value is -0.770. The van der Waals surface area contributed by atoms with E-state index in [0.29, 0.717) is 12.0 Å². The van der Waals surface area contributed by atoms with Gasteiger partial charge in [0.1, 0.15) is 0 Å². The summed E-state index contributed by atoms with van der Waals surface area (Å²) in [5.41, 5.74) is -0.774. The third-order valence-electron chi connectivity index (χ3n) is 3.54. The highest BCUT2D eigenvalue weighted by Crippen LogP contribution is 2.37. The zero-order valence-electron chi connectivity index (χ0n) is 11.7. The molecule has 0 bridgehead atoms. The quantitative estimate of drug-likeness (QED) is 0.518. The van der Waals surface area contributed by atoms with Gasteiger partial charge >= 0.3 is 5.97 Å². The van der Waals surface area contributed by atoms with Crippen molar-refractivity contribution in [1.82, 2.24) is 3.94 Å². The summed E-state index contributed by atoms with van der Waals surface area (Å²) in [6.07, 6.45) is 5.57. The van der Waals surface area contributed by atoms with Crippen molar-refractivity contribution < 1.29 is 9.90 Å². The first-order chi connectivity index (χ1) is 9.55. The molecule has 1 N–H and O–H groups in total. The van der Waals surface area contributed by atoms with Gasteiger partial charge in [-0.3, -0.25) is 0 Å². The van der Waals surface area contributed by atoms with Gasteiger partial charge in [0, 0.05) is 0 Å². The van der Waals surface area contributed by atoms with Crippen LogP contribution in [0, 0.1) is 0 Å². The Balaban J connectivity index is 2.87. The molecule has 0 spiro atoms. The lowest BCUT2D eigenvalue weighted by Crippen LogP contribution is -2.43. The van der Waals surface area contributed by atoms with Gasteiger partial charge in [-0.1, -0.05) is 69.4 Å². The molecule has 0 fully saturated rings. The van der Waals surface area contributed by atoms with Crippen LogP contribution in [0.15, 0.2) is 30.3 Å². The molecule has 1 aromatic rings. The molecule has 0 saturated carbocycles. The zero-order valence-corrected chi connectivity index (χ0v) is 13.2. The summed E-state index contributed by atoms with van der Waals surface area (Å²) in [5, 5.41) is 9.64. The largest absolute Gasteiger partial charge is 0.480 e. The van der Waals surface area contributed by atoms with Crippen LogP contribution in [-0.4, -0.2) is 15.0 Å². The van der Waals surface area contributed by atoms with Gasteiger partial charge < -0.3 is 5.11 Å². The molecule has 0 aliphatic heterocycles. The van der Waals surface area contributed by atoms with Crippen LogP contribution in [0.3, 0.4) is 0 Å². The molecular weight excluding hydrogens is 297 g/mol. The molecule has 1 aromatic carbocycles. The third-order valence-corrected chi connectivity index (χ3v) is 4.11. The minimum atomic E-state index is -1.38. The number of aliphatic carboxylic acids is 1. The fourth-order valence-corrected chi connectivity index (χ4v) is 2.84. The van der Waals surface area contributed by atoms with Crippen LogP contribution in [0.2, 0.25) is 0 Å². The van der Waals surface area contributed by atoms with Gasteiger partial charge in [-0.05, 0) is 35.5 Å². The minimum Gasteiger partial charge on any atom is -0.480 e. The molecule has 1 rings (SSSR count). The number of nitrogens with zero attached hydrogens (tertiary/aromatic N) is 1. The lowest BCUT2D eigenvalue weighted by Gasteiger charge is -2.32. The van der Waals surface area contributed by atoms with Crippen molar-refractivity contribution in [3.05, 3.63) is 35.9 Å². The van der Waals surface area contributed by atoms with Gasteiger partial charge in [0.05, 0.1) is 0 Å². The Morgan fingerprint density at radius 2 is 1.75 bits per heavy atom. The monoisotopic (exact) mass is 317 g/mol. The van der Waals surface area contributed by atoms with Gasteiger partial charge in [-0.15, -0.1) is 3.94 Å². The van der Waals surface area contributed by atoms with Gasteiger partial charge in [0.25, 0.3) is 0 Å². The minimum absolute atomic E-state index is 0.392. The Kier molecular flexibility index (Phi) is 7.35. The van der Waals surface area contributed by atoms with E-state index in [2.05, 4.69) is 6.92 Å². The summed E-state index contributed by atoms with van der Waals surface area (Å²) in [5.74, 6) is -1.02. The maximum absolute atomic E-state index is 11.8. The third kappa shape index (κ3) is 4.11. The number of unbranched alkanes of at least 4 members (excludes halogenated alkanes) is 4. The number of hydrogen-bond acceptors (Lipinski definition) is 2. The number of carboxylic acid groups (broad SMARTS) is 1. The first-order valence-corrected chi connectivity index (χ1v) is 7.64. The normalized spacial score (nSPS) is 14.2. The molecule has 0 aromatic heterocycles. The van der Waals surface area contributed by atoms with Crippen LogP contribution in [0.25, 0.3) is 0 Å². The molecule has 0 aliphatic rings. The summed E-state index contributed by atoms with van der Waals surface area (Å²) in [4.78, 5) is 11.8. The zero-order chi connectivity index (χ0) is 15.0. The standard InChI is InChI=1S/C15H21Cl2NO2/c1-2-3-4-5-9-12-15(14(19)20,18(16)17)13-10-7-6-8-11-13/h6-8,10-11H,2-5,9,12H2,1H3,(H,19,20). The molecule has 0 radical (unpaired) electrons. The predicted molar refractivity (Wildman–Crippen MR) is 82.7 cm³/mol. The van der Waals surface area contributed by atoms with Crippen molar-refractivity contribution in [2.45, 2.75) is 51.0 Å². The van der Waals surface area contributed by atoms with Crippen molar-refractivity contribution in [1.29, 1.82) is 0 Å². The van der Waals surface area contributed by atoms with E-state index in [-0.39, 0.29) is 0 Å². The second-order valence-corrected chi connectivity index (χ2v) is 5.78. The average molecular weight is 318 g/mol. The van der Waals surface area contributed by atoms with Crippen LogP contribution in [0.1, 0.15) is 51.0 Å². The molecule has 112 valence electrons. The maximum Gasteiger partial charge on any atom is 0.331 e. The van der Waals surface area contributed by atoms with E-state index in [0.717, 1.165) is 36.0 Å². The second kappa shape index (κ2) is 8.50. The summed E-state index contributed by atoms with van der Waals surface area (Å²) in [6, 6.07) is 8.92. The molecule has 0 aliphatic carbocycles. The molecule has 1 unspecified atom stereocenters. The van der Waals surface area contributed by atoms with E-state index < -0.39 is 11.5 Å². The first kappa shape index (κ1) is 17.3. The smallest absolute Gasteiger partial charge is 0.331 e. The van der Waals surface area contributed by atoms with Crippen LogP contribution in [0.4, 0.5) is 0 Å². The summed E-state index contributed by atoms with van der Waals surface area (Å²) < 4.78 is 0.782. The molecule has 1 atom stereocenters. The SMILES string of the molecule is CCCCCCCC(C(=O)O)(c1ccccc1)N(Cl)Cl. The fraction of sp³-hybridized carbons (Fsp3) is 0.533. The fourth-order valence-electron chi connectivity index (χ4n) is 2.33. The van der Waals surface area contributed by atoms with E-state index in [1.165, 1.54) is 0 Å². The van der Waals surface area contributed by atoms with Crippen LogP contribution < -0.4 is 0 Å². The number of halogens is 2. The molecule has 3 nitrogen and oxygen atoms in total. The lowest BCUT2D eigenvalue weighted by molar-refractivity contribution is -0.147.